The minimum Gasteiger partial charge on any atom is -0.314 e. The molecule has 16 heavy (non-hydrogen) atoms. The topological polar surface area (TPSA) is 12.0 Å². The van der Waals surface area contributed by atoms with Crippen molar-refractivity contribution < 1.29 is 0 Å². The average molecular weight is 221 g/mol. The fraction of sp³-hybridized carbons (Fsp3) is 1.00. The molecule has 5 atom stereocenters. The van der Waals surface area contributed by atoms with E-state index in [0.29, 0.717) is 0 Å². The van der Waals surface area contributed by atoms with Crippen LogP contribution in [-0.2, 0) is 0 Å². The molecule has 5 unspecified atom stereocenters. The molecule has 1 N–H and O–H groups in total. The van der Waals surface area contributed by atoms with Gasteiger partial charge in [0, 0.05) is 6.04 Å². The first-order valence-electron chi connectivity index (χ1n) is 7.63. The van der Waals surface area contributed by atoms with Gasteiger partial charge in [-0.1, -0.05) is 26.2 Å². The highest BCUT2D eigenvalue weighted by molar-refractivity contribution is 5.05. The van der Waals surface area contributed by atoms with E-state index >= 15 is 0 Å². The second-order valence-electron chi connectivity index (χ2n) is 6.42. The molecular weight excluding hydrogens is 194 g/mol. The maximum Gasteiger partial charge on any atom is 0.0101 e. The van der Waals surface area contributed by atoms with Crippen LogP contribution in [0.15, 0.2) is 0 Å². The molecule has 0 saturated heterocycles. The summed E-state index contributed by atoms with van der Waals surface area (Å²) < 4.78 is 0. The van der Waals surface area contributed by atoms with Gasteiger partial charge < -0.3 is 5.32 Å². The Morgan fingerprint density at radius 3 is 2.75 bits per heavy atom. The zero-order valence-corrected chi connectivity index (χ0v) is 10.8. The molecule has 1 heteroatoms. The molecule has 0 radical (unpaired) electrons. The zero-order valence-electron chi connectivity index (χ0n) is 10.8. The Balaban J connectivity index is 1.48. The number of hydrogen-bond acceptors (Lipinski definition) is 1. The molecule has 0 aromatic carbocycles. The summed E-state index contributed by atoms with van der Waals surface area (Å²) in [6.45, 7) is 3.57. The fourth-order valence-corrected chi connectivity index (χ4v) is 4.97. The summed E-state index contributed by atoms with van der Waals surface area (Å²) >= 11 is 0. The van der Waals surface area contributed by atoms with Crippen molar-refractivity contribution in [3.8, 4) is 0 Å². The first-order valence-corrected chi connectivity index (χ1v) is 7.63. The molecule has 3 rings (SSSR count). The third kappa shape index (κ3) is 1.81. The average Bonchev–Trinajstić information content (AvgIpc) is 2.95. The molecule has 0 aromatic heterocycles. The molecule has 0 spiro atoms. The molecule has 1 nitrogen and oxygen atoms in total. The van der Waals surface area contributed by atoms with Crippen molar-refractivity contribution in [1.29, 1.82) is 0 Å². The van der Waals surface area contributed by atoms with Crippen LogP contribution in [0.4, 0.5) is 0 Å². The van der Waals surface area contributed by atoms with Crippen LogP contribution in [-0.4, -0.2) is 12.6 Å². The van der Waals surface area contributed by atoms with Crippen LogP contribution in [0.5, 0.6) is 0 Å². The number of fused-ring (bicyclic) bond motifs is 5. The van der Waals surface area contributed by atoms with Crippen molar-refractivity contribution in [2.24, 2.45) is 23.7 Å². The van der Waals surface area contributed by atoms with Crippen LogP contribution in [0.25, 0.3) is 0 Å². The molecule has 0 aliphatic heterocycles. The lowest BCUT2D eigenvalue weighted by atomic mass is 9.79. The SMILES string of the molecule is CCCCCNC1CC2CC1C1CCCC21. The normalized spacial score (nSPS) is 45.2. The third-order valence-electron chi connectivity index (χ3n) is 5.62. The van der Waals surface area contributed by atoms with Gasteiger partial charge >= 0.3 is 0 Å². The van der Waals surface area contributed by atoms with Gasteiger partial charge in [0.15, 0.2) is 0 Å². The highest BCUT2D eigenvalue weighted by atomic mass is 14.9. The Hall–Kier alpha value is -0.0400. The van der Waals surface area contributed by atoms with E-state index < -0.39 is 0 Å². The Kier molecular flexibility index (Phi) is 3.24. The first kappa shape index (κ1) is 11.1. The van der Waals surface area contributed by atoms with E-state index in [0.717, 1.165) is 29.7 Å². The summed E-state index contributed by atoms with van der Waals surface area (Å²) in [7, 11) is 0. The predicted molar refractivity (Wildman–Crippen MR) is 68.4 cm³/mol. The molecule has 3 saturated carbocycles. The lowest BCUT2D eigenvalue weighted by Gasteiger charge is -2.32. The van der Waals surface area contributed by atoms with Gasteiger partial charge in [0.05, 0.1) is 0 Å². The van der Waals surface area contributed by atoms with Crippen LogP contribution in [0, 0.1) is 23.7 Å². The zero-order chi connectivity index (χ0) is 11.0. The quantitative estimate of drug-likeness (QED) is 0.700. The van der Waals surface area contributed by atoms with E-state index in [4.69, 9.17) is 0 Å². The van der Waals surface area contributed by atoms with Gasteiger partial charge in [-0.3, -0.25) is 0 Å². The largest absolute Gasteiger partial charge is 0.314 e. The fourth-order valence-electron chi connectivity index (χ4n) is 4.97. The Labute approximate surface area is 100 Å². The van der Waals surface area contributed by atoms with Crippen LogP contribution >= 0.6 is 0 Å². The monoisotopic (exact) mass is 221 g/mol. The van der Waals surface area contributed by atoms with Crippen molar-refractivity contribution in [3.05, 3.63) is 0 Å². The third-order valence-corrected chi connectivity index (χ3v) is 5.62. The van der Waals surface area contributed by atoms with Gasteiger partial charge in [-0.25, -0.2) is 0 Å². The Morgan fingerprint density at radius 1 is 1.00 bits per heavy atom. The van der Waals surface area contributed by atoms with Crippen molar-refractivity contribution in [1.82, 2.24) is 5.32 Å². The number of unbranched alkanes of at least 4 members (excludes halogenated alkanes) is 2. The van der Waals surface area contributed by atoms with Gasteiger partial charge in [0.1, 0.15) is 0 Å². The van der Waals surface area contributed by atoms with Gasteiger partial charge in [-0.05, 0) is 62.3 Å². The second-order valence-corrected chi connectivity index (χ2v) is 6.42. The van der Waals surface area contributed by atoms with Crippen molar-refractivity contribution in [2.45, 2.75) is 64.3 Å². The molecule has 0 aromatic rings. The van der Waals surface area contributed by atoms with E-state index in [1.54, 1.807) is 19.3 Å². The lowest BCUT2D eigenvalue weighted by molar-refractivity contribution is 0.208. The summed E-state index contributed by atoms with van der Waals surface area (Å²) in [6.07, 6.45) is 11.9. The molecule has 0 heterocycles. The molecule has 92 valence electrons. The number of rotatable bonds is 5. The molecular formula is C15H27N. The van der Waals surface area contributed by atoms with Crippen molar-refractivity contribution in [3.63, 3.8) is 0 Å². The predicted octanol–water partition coefficient (Wildman–Crippen LogP) is 3.59. The maximum atomic E-state index is 3.86. The summed E-state index contributed by atoms with van der Waals surface area (Å²) in [5.74, 6) is 4.46. The molecule has 3 aliphatic carbocycles. The van der Waals surface area contributed by atoms with E-state index in [1.807, 2.05) is 0 Å². The van der Waals surface area contributed by atoms with Gasteiger partial charge in [0.25, 0.3) is 0 Å². The second kappa shape index (κ2) is 4.68. The Morgan fingerprint density at radius 2 is 1.88 bits per heavy atom. The van der Waals surface area contributed by atoms with Gasteiger partial charge in [-0.15, -0.1) is 0 Å². The molecule has 3 fully saturated rings. The molecule has 0 amide bonds. The van der Waals surface area contributed by atoms with E-state index in [1.165, 1.54) is 38.6 Å². The van der Waals surface area contributed by atoms with Crippen molar-refractivity contribution >= 4 is 0 Å². The lowest BCUT2D eigenvalue weighted by Crippen LogP contribution is -2.39. The van der Waals surface area contributed by atoms with Gasteiger partial charge in [0.2, 0.25) is 0 Å². The van der Waals surface area contributed by atoms with E-state index in [-0.39, 0.29) is 0 Å². The minimum atomic E-state index is 0.904. The minimum absolute atomic E-state index is 0.904. The van der Waals surface area contributed by atoms with Crippen LogP contribution in [0.2, 0.25) is 0 Å². The highest BCUT2D eigenvalue weighted by Gasteiger charge is 2.53. The number of nitrogens with one attached hydrogen (secondary N) is 1. The highest BCUT2D eigenvalue weighted by Crippen LogP contribution is 2.58. The molecule has 2 bridgehead atoms. The first-order chi connectivity index (χ1) is 7.90. The smallest absolute Gasteiger partial charge is 0.0101 e. The van der Waals surface area contributed by atoms with E-state index in [2.05, 4.69) is 12.2 Å². The standard InChI is InChI=1S/C15H27N/c1-2-3-4-8-16-15-10-11-9-14(15)13-7-5-6-12(11)13/h11-16H,2-10H2,1H3. The van der Waals surface area contributed by atoms with E-state index in [9.17, 15) is 0 Å². The number of hydrogen-bond donors (Lipinski definition) is 1. The van der Waals surface area contributed by atoms with Crippen LogP contribution in [0.3, 0.4) is 0 Å². The summed E-state index contributed by atoms with van der Waals surface area (Å²) in [5, 5.41) is 3.86. The summed E-state index contributed by atoms with van der Waals surface area (Å²) in [6, 6.07) is 0.904. The van der Waals surface area contributed by atoms with Gasteiger partial charge in [-0.2, -0.15) is 0 Å². The van der Waals surface area contributed by atoms with Crippen LogP contribution < -0.4 is 5.32 Å². The Bertz CT molecular complexity index is 238. The molecule has 3 aliphatic rings. The van der Waals surface area contributed by atoms with Crippen molar-refractivity contribution in [2.75, 3.05) is 6.54 Å². The summed E-state index contributed by atoms with van der Waals surface area (Å²) in [4.78, 5) is 0. The van der Waals surface area contributed by atoms with Crippen LogP contribution in [0.1, 0.15) is 58.3 Å². The maximum absolute atomic E-state index is 3.86. The summed E-state index contributed by atoms with van der Waals surface area (Å²) in [5.41, 5.74) is 0.